The van der Waals surface area contributed by atoms with Crippen molar-refractivity contribution < 1.29 is 9.59 Å². The van der Waals surface area contributed by atoms with Gasteiger partial charge in [0.15, 0.2) is 0 Å². The largest absolute Gasteiger partial charge is 0.361 e. The van der Waals surface area contributed by atoms with Gasteiger partial charge in [-0.1, -0.05) is 36.4 Å². The highest BCUT2D eigenvalue weighted by atomic mass is 16.2. The van der Waals surface area contributed by atoms with Gasteiger partial charge in [0.2, 0.25) is 0 Å². The lowest BCUT2D eigenvalue weighted by molar-refractivity contribution is 0.0656. The molecule has 4 aromatic rings. The Morgan fingerprint density at radius 1 is 0.926 bits per heavy atom. The molecule has 0 atom stereocenters. The first-order chi connectivity index (χ1) is 13.1. The van der Waals surface area contributed by atoms with E-state index in [-0.39, 0.29) is 11.8 Å². The third-order valence-corrected chi connectivity index (χ3v) is 5.27. The van der Waals surface area contributed by atoms with E-state index < -0.39 is 0 Å². The average molecular weight is 355 g/mol. The number of imide groups is 1. The predicted molar refractivity (Wildman–Crippen MR) is 104 cm³/mol. The van der Waals surface area contributed by atoms with Crippen LogP contribution in [0.4, 0.5) is 0 Å². The quantitative estimate of drug-likeness (QED) is 0.568. The number of aryl methyl sites for hydroxylation is 1. The van der Waals surface area contributed by atoms with E-state index in [4.69, 9.17) is 0 Å². The van der Waals surface area contributed by atoms with E-state index in [1.54, 1.807) is 6.92 Å². The molecule has 0 saturated carbocycles. The first kappa shape index (κ1) is 15.8. The van der Waals surface area contributed by atoms with E-state index in [2.05, 4.69) is 9.97 Å². The first-order valence-corrected chi connectivity index (χ1v) is 8.95. The maximum atomic E-state index is 13.1. The maximum Gasteiger partial charge on any atom is 0.263 e. The van der Waals surface area contributed by atoms with Crippen LogP contribution in [0.2, 0.25) is 0 Å². The summed E-state index contributed by atoms with van der Waals surface area (Å²) in [5.41, 5.74) is 4.44. The number of pyridine rings is 1. The van der Waals surface area contributed by atoms with Crippen molar-refractivity contribution in [2.24, 2.45) is 0 Å². The van der Waals surface area contributed by atoms with Crippen molar-refractivity contribution in [3.05, 3.63) is 77.1 Å². The molecule has 0 fully saturated rings. The number of nitrogens with one attached hydrogen (secondary N) is 1. The van der Waals surface area contributed by atoms with Gasteiger partial charge >= 0.3 is 0 Å². The Morgan fingerprint density at radius 2 is 1.63 bits per heavy atom. The number of benzene rings is 2. The summed E-state index contributed by atoms with van der Waals surface area (Å²) in [6.45, 7) is 2.14. The number of aromatic nitrogens is 2. The van der Waals surface area contributed by atoms with Crippen molar-refractivity contribution in [1.29, 1.82) is 0 Å². The van der Waals surface area contributed by atoms with Crippen molar-refractivity contribution in [3.8, 4) is 0 Å². The van der Waals surface area contributed by atoms with Crippen LogP contribution < -0.4 is 0 Å². The number of amides is 2. The molecule has 1 aliphatic heterocycles. The van der Waals surface area contributed by atoms with Crippen LogP contribution in [0, 0.1) is 6.92 Å². The summed E-state index contributed by atoms with van der Waals surface area (Å²) >= 11 is 0. The van der Waals surface area contributed by atoms with Crippen LogP contribution in [0.3, 0.4) is 0 Å². The molecular weight excluding hydrogens is 338 g/mol. The number of aromatic amines is 1. The molecule has 2 aromatic heterocycles. The number of carbonyl (C=O) groups is 2. The van der Waals surface area contributed by atoms with Gasteiger partial charge in [-0.15, -0.1) is 0 Å². The summed E-state index contributed by atoms with van der Waals surface area (Å²) in [5.74, 6) is -0.470. The summed E-state index contributed by atoms with van der Waals surface area (Å²) < 4.78 is 0. The number of nitrogens with zero attached hydrogens (tertiary/aromatic N) is 2. The molecule has 5 rings (SSSR count). The van der Waals surface area contributed by atoms with Gasteiger partial charge in [0.1, 0.15) is 0 Å². The fourth-order valence-corrected chi connectivity index (χ4v) is 3.95. The van der Waals surface area contributed by atoms with Crippen LogP contribution in [0.25, 0.3) is 21.8 Å². The Morgan fingerprint density at radius 3 is 2.48 bits per heavy atom. The summed E-state index contributed by atoms with van der Waals surface area (Å²) in [6, 6.07) is 15.5. The molecule has 1 aliphatic rings. The number of hydrogen-bond donors (Lipinski definition) is 1. The molecule has 0 aliphatic carbocycles. The average Bonchev–Trinajstić information content (AvgIpc) is 3.20. The lowest BCUT2D eigenvalue weighted by Crippen LogP contribution is -2.31. The van der Waals surface area contributed by atoms with Gasteiger partial charge in [0.05, 0.1) is 22.3 Å². The summed E-state index contributed by atoms with van der Waals surface area (Å²) in [4.78, 5) is 35.1. The van der Waals surface area contributed by atoms with E-state index in [0.717, 1.165) is 27.4 Å². The van der Waals surface area contributed by atoms with Crippen molar-refractivity contribution in [3.63, 3.8) is 0 Å². The maximum absolute atomic E-state index is 13.1. The Labute approximate surface area is 155 Å². The van der Waals surface area contributed by atoms with Crippen molar-refractivity contribution in [2.75, 3.05) is 6.54 Å². The molecule has 5 nitrogen and oxygen atoms in total. The Hall–Kier alpha value is -3.47. The third-order valence-electron chi connectivity index (χ3n) is 5.27. The monoisotopic (exact) mass is 355 g/mol. The van der Waals surface area contributed by atoms with Crippen molar-refractivity contribution in [2.45, 2.75) is 13.3 Å². The van der Waals surface area contributed by atoms with E-state index in [0.29, 0.717) is 29.8 Å². The first-order valence-electron chi connectivity index (χ1n) is 8.95. The smallest absolute Gasteiger partial charge is 0.263 e. The Kier molecular flexibility index (Phi) is 3.37. The van der Waals surface area contributed by atoms with Gasteiger partial charge in [0, 0.05) is 29.0 Å². The summed E-state index contributed by atoms with van der Waals surface area (Å²) in [7, 11) is 0. The minimum absolute atomic E-state index is 0.225. The van der Waals surface area contributed by atoms with E-state index >= 15 is 0 Å². The number of carbonyl (C=O) groups excluding carboxylic acids is 2. The zero-order valence-electron chi connectivity index (χ0n) is 14.8. The number of para-hydroxylation sites is 2. The zero-order chi connectivity index (χ0) is 18.5. The van der Waals surface area contributed by atoms with Gasteiger partial charge < -0.3 is 4.98 Å². The molecular formula is C22H17N3O2. The molecule has 27 heavy (non-hydrogen) atoms. The SMILES string of the molecule is Cc1nc2ccccc2c2c1C(=O)N(CCc1c[nH]c3ccccc13)C2=O. The minimum Gasteiger partial charge on any atom is -0.361 e. The molecule has 2 aromatic carbocycles. The van der Waals surface area contributed by atoms with Gasteiger partial charge in [-0.25, -0.2) is 0 Å². The fraction of sp³-hybridized carbons (Fsp3) is 0.136. The minimum atomic E-state index is -0.245. The molecule has 0 radical (unpaired) electrons. The highest BCUT2D eigenvalue weighted by molar-refractivity contribution is 6.26. The van der Waals surface area contributed by atoms with E-state index in [1.807, 2.05) is 54.7 Å². The lowest BCUT2D eigenvalue weighted by atomic mass is 10.0. The topological polar surface area (TPSA) is 66.1 Å². The van der Waals surface area contributed by atoms with Gasteiger partial charge in [-0.2, -0.15) is 0 Å². The second-order valence-corrected chi connectivity index (χ2v) is 6.84. The molecule has 0 bridgehead atoms. The van der Waals surface area contributed by atoms with Gasteiger partial charge in [0.25, 0.3) is 11.8 Å². The normalized spacial score (nSPS) is 13.7. The third kappa shape index (κ3) is 2.28. The van der Waals surface area contributed by atoms with Crippen LogP contribution in [-0.2, 0) is 6.42 Å². The zero-order valence-corrected chi connectivity index (χ0v) is 14.8. The molecule has 0 unspecified atom stereocenters. The molecule has 2 amide bonds. The predicted octanol–water partition coefficient (Wildman–Crippen LogP) is 3.86. The lowest BCUT2D eigenvalue weighted by Gasteiger charge is -2.13. The molecule has 5 heteroatoms. The van der Waals surface area contributed by atoms with E-state index in [9.17, 15) is 9.59 Å². The molecule has 132 valence electrons. The second kappa shape index (κ2) is 5.77. The van der Waals surface area contributed by atoms with Crippen LogP contribution in [0.15, 0.2) is 54.7 Å². The van der Waals surface area contributed by atoms with Crippen LogP contribution in [-0.4, -0.2) is 33.2 Å². The number of hydrogen-bond acceptors (Lipinski definition) is 3. The molecule has 1 N–H and O–H groups in total. The standard InChI is InChI=1S/C22H17N3O2/c1-13-19-20(16-7-3-5-9-18(16)24-13)22(27)25(21(19)26)11-10-14-12-23-17-8-4-2-6-15(14)17/h2-9,12,23H,10-11H2,1H3. The highest BCUT2D eigenvalue weighted by Gasteiger charge is 2.38. The fourth-order valence-electron chi connectivity index (χ4n) is 3.95. The second-order valence-electron chi connectivity index (χ2n) is 6.84. The number of H-pyrrole nitrogens is 1. The van der Waals surface area contributed by atoms with Gasteiger partial charge in [-0.05, 0) is 31.0 Å². The van der Waals surface area contributed by atoms with Crippen LogP contribution >= 0.6 is 0 Å². The summed E-state index contributed by atoms with van der Waals surface area (Å²) in [5, 5.41) is 1.86. The molecule has 0 spiro atoms. The van der Waals surface area contributed by atoms with Crippen LogP contribution in [0.5, 0.6) is 0 Å². The van der Waals surface area contributed by atoms with Crippen molar-refractivity contribution in [1.82, 2.24) is 14.9 Å². The number of fused-ring (bicyclic) bond motifs is 4. The molecule has 3 heterocycles. The molecule has 0 saturated heterocycles. The summed E-state index contributed by atoms with van der Waals surface area (Å²) in [6.07, 6.45) is 2.56. The number of rotatable bonds is 3. The Bertz CT molecular complexity index is 1240. The van der Waals surface area contributed by atoms with Crippen LogP contribution in [0.1, 0.15) is 32.0 Å². The Balaban J connectivity index is 1.51. The van der Waals surface area contributed by atoms with Gasteiger partial charge in [-0.3, -0.25) is 19.5 Å². The van der Waals surface area contributed by atoms with E-state index in [1.165, 1.54) is 4.90 Å². The highest BCUT2D eigenvalue weighted by Crippen LogP contribution is 2.31. The van der Waals surface area contributed by atoms with Crippen molar-refractivity contribution >= 4 is 33.6 Å².